The molecule has 2 aromatic rings. The summed E-state index contributed by atoms with van der Waals surface area (Å²) in [4.78, 5) is 30.8. The molecule has 3 rings (SSSR count). The van der Waals surface area contributed by atoms with Crippen molar-refractivity contribution in [1.82, 2.24) is 14.4 Å². The van der Waals surface area contributed by atoms with E-state index in [0.717, 1.165) is 16.6 Å². The minimum absolute atomic E-state index is 0.0474. The summed E-state index contributed by atoms with van der Waals surface area (Å²) in [6.07, 6.45) is 1.23. The summed E-state index contributed by atoms with van der Waals surface area (Å²) >= 11 is 0. The maximum atomic E-state index is 13.4. The normalized spacial score (nSPS) is 17.2. The summed E-state index contributed by atoms with van der Waals surface area (Å²) in [5, 5.41) is 0.990. The van der Waals surface area contributed by atoms with Gasteiger partial charge >= 0.3 is 12.2 Å². The van der Waals surface area contributed by atoms with Gasteiger partial charge in [-0.1, -0.05) is 6.07 Å². The average Bonchev–Trinajstić information content (AvgIpc) is 3.07. The first kappa shape index (κ1) is 21.2. The van der Waals surface area contributed by atoms with E-state index < -0.39 is 11.2 Å². The van der Waals surface area contributed by atoms with Crippen LogP contribution in [0.4, 0.5) is 15.3 Å². The first-order valence-electron chi connectivity index (χ1n) is 10.1. The van der Waals surface area contributed by atoms with Crippen LogP contribution in [-0.4, -0.2) is 59.5 Å². The molecule has 158 valence electrons. The number of ether oxygens (including phenoxy) is 2. The Hall–Kier alpha value is -2.54. The van der Waals surface area contributed by atoms with Crippen molar-refractivity contribution < 1.29 is 19.1 Å². The van der Waals surface area contributed by atoms with Crippen molar-refractivity contribution in [1.29, 1.82) is 0 Å². The molecule has 29 heavy (non-hydrogen) atoms. The number of carbonyl (C=O) groups excluding carboxylic acids is 2. The number of benzene rings is 1. The Morgan fingerprint density at radius 3 is 2.17 bits per heavy atom. The van der Waals surface area contributed by atoms with Crippen molar-refractivity contribution in [2.24, 2.45) is 0 Å². The molecule has 1 aliphatic heterocycles. The van der Waals surface area contributed by atoms with Crippen LogP contribution in [-0.2, 0) is 9.47 Å². The van der Waals surface area contributed by atoms with Crippen LogP contribution in [0, 0.1) is 0 Å². The van der Waals surface area contributed by atoms with Gasteiger partial charge in [-0.2, -0.15) is 9.28 Å². The van der Waals surface area contributed by atoms with Crippen LogP contribution in [0.2, 0.25) is 0 Å². The maximum absolute atomic E-state index is 13.4. The van der Waals surface area contributed by atoms with Crippen LogP contribution in [0.3, 0.4) is 0 Å². The zero-order chi connectivity index (χ0) is 21.4. The quantitative estimate of drug-likeness (QED) is 0.704. The highest BCUT2D eigenvalue weighted by atomic mass is 16.6. The number of rotatable bonds is 1. The fourth-order valence-electron chi connectivity index (χ4n) is 3.63. The lowest BCUT2D eigenvalue weighted by Gasteiger charge is -2.42. The number of piperazine rings is 1. The van der Waals surface area contributed by atoms with Gasteiger partial charge < -0.3 is 14.5 Å². The number of nitrogens with one attached hydrogen (secondary N) is 1. The molecular weight excluding hydrogens is 370 g/mol. The van der Waals surface area contributed by atoms with Gasteiger partial charge in [-0.05, 0) is 53.7 Å². The van der Waals surface area contributed by atoms with Gasteiger partial charge in [0.25, 0.3) is 0 Å². The van der Waals surface area contributed by atoms with Gasteiger partial charge in [0, 0.05) is 12.3 Å². The fourth-order valence-corrected chi connectivity index (χ4v) is 3.63. The van der Waals surface area contributed by atoms with Crippen molar-refractivity contribution in [3.63, 3.8) is 0 Å². The number of quaternary nitrogens is 1. The number of hydrogen-bond acceptors (Lipinski definition) is 4. The SMILES string of the molecule is CC(C)(C)OC(=O)N1CC[N+](C(=O)OC(C)(C)C)(c2cccc3[nH]ccc23)CC1. The number of fused-ring (bicyclic) bond motifs is 1. The van der Waals surface area contributed by atoms with Crippen LogP contribution in [0.25, 0.3) is 10.9 Å². The smallest absolute Gasteiger partial charge is 0.444 e. The highest BCUT2D eigenvalue weighted by Gasteiger charge is 2.48. The zero-order valence-corrected chi connectivity index (χ0v) is 18.2. The van der Waals surface area contributed by atoms with Crippen molar-refractivity contribution in [3.8, 4) is 0 Å². The third-order valence-electron chi connectivity index (χ3n) is 4.93. The molecule has 1 saturated heterocycles. The predicted octanol–water partition coefficient (Wildman–Crippen LogP) is 4.66. The number of H-pyrrole nitrogens is 1. The minimum atomic E-state index is -0.601. The van der Waals surface area contributed by atoms with Crippen molar-refractivity contribution in [3.05, 3.63) is 30.5 Å². The number of amides is 2. The van der Waals surface area contributed by atoms with Crippen molar-refractivity contribution in [2.75, 3.05) is 26.2 Å². The van der Waals surface area contributed by atoms with E-state index >= 15 is 0 Å². The number of nitrogens with zero attached hydrogens (tertiary/aromatic N) is 2. The monoisotopic (exact) mass is 402 g/mol. The van der Waals surface area contributed by atoms with Crippen molar-refractivity contribution in [2.45, 2.75) is 52.7 Å². The number of carbonyl (C=O) groups is 2. The van der Waals surface area contributed by atoms with Crippen LogP contribution < -0.4 is 4.48 Å². The van der Waals surface area contributed by atoms with Crippen LogP contribution in [0.5, 0.6) is 0 Å². The second-order valence-electron chi connectivity index (χ2n) is 9.58. The summed E-state index contributed by atoms with van der Waals surface area (Å²) in [7, 11) is 0. The third kappa shape index (κ3) is 4.56. The summed E-state index contributed by atoms with van der Waals surface area (Å²) in [6, 6.07) is 7.89. The number of hydrogen-bond donors (Lipinski definition) is 1. The fraction of sp³-hybridized carbons (Fsp3) is 0.545. The third-order valence-corrected chi connectivity index (χ3v) is 4.93. The molecule has 1 aromatic carbocycles. The molecule has 1 N–H and O–H groups in total. The van der Waals surface area contributed by atoms with Gasteiger partial charge in [0.1, 0.15) is 24.3 Å². The Balaban J connectivity index is 1.94. The first-order valence-corrected chi connectivity index (χ1v) is 10.1. The Morgan fingerprint density at radius 2 is 1.59 bits per heavy atom. The van der Waals surface area contributed by atoms with Crippen LogP contribution in [0.1, 0.15) is 41.5 Å². The molecule has 0 bridgehead atoms. The van der Waals surface area contributed by atoms with Gasteiger partial charge in [0.2, 0.25) is 0 Å². The molecule has 0 aliphatic carbocycles. The van der Waals surface area contributed by atoms with E-state index in [9.17, 15) is 9.59 Å². The molecule has 1 aliphatic rings. The van der Waals surface area contributed by atoms with E-state index in [4.69, 9.17) is 9.47 Å². The van der Waals surface area contributed by atoms with Crippen molar-refractivity contribution >= 4 is 28.8 Å². The Morgan fingerprint density at radius 1 is 0.966 bits per heavy atom. The lowest BCUT2D eigenvalue weighted by molar-refractivity contribution is 0.000841. The predicted molar refractivity (Wildman–Crippen MR) is 114 cm³/mol. The summed E-state index contributed by atoms with van der Waals surface area (Å²) in [5.41, 5.74) is 0.707. The van der Waals surface area contributed by atoms with E-state index in [-0.39, 0.29) is 16.7 Å². The van der Waals surface area contributed by atoms with Gasteiger partial charge in [-0.3, -0.25) is 4.90 Å². The van der Waals surface area contributed by atoms with Gasteiger partial charge in [0.05, 0.1) is 24.0 Å². The largest absolute Gasteiger partial charge is 0.521 e. The first-order chi connectivity index (χ1) is 13.4. The number of aromatic nitrogens is 1. The molecule has 0 atom stereocenters. The molecule has 1 fully saturated rings. The van der Waals surface area contributed by atoms with Crippen LogP contribution in [0.15, 0.2) is 30.5 Å². The van der Waals surface area contributed by atoms with E-state index in [1.165, 1.54) is 0 Å². The highest BCUT2D eigenvalue weighted by molar-refractivity contribution is 5.97. The van der Waals surface area contributed by atoms with E-state index in [0.29, 0.717) is 26.2 Å². The highest BCUT2D eigenvalue weighted by Crippen LogP contribution is 2.35. The molecule has 7 heteroatoms. The molecule has 7 nitrogen and oxygen atoms in total. The molecule has 0 saturated carbocycles. The molecule has 0 spiro atoms. The summed E-state index contributed by atoms with van der Waals surface area (Å²) < 4.78 is 11.4. The maximum Gasteiger partial charge on any atom is 0.521 e. The topological polar surface area (TPSA) is 71.6 Å². The average molecular weight is 403 g/mol. The molecular formula is C22H32N3O4+. The number of aromatic amines is 1. The van der Waals surface area contributed by atoms with E-state index in [1.54, 1.807) is 4.90 Å². The van der Waals surface area contributed by atoms with E-state index in [1.807, 2.05) is 72.0 Å². The van der Waals surface area contributed by atoms with Gasteiger partial charge in [0.15, 0.2) is 5.69 Å². The Labute approximate surface area is 172 Å². The molecule has 1 aromatic heterocycles. The Bertz CT molecular complexity index is 897. The summed E-state index contributed by atoms with van der Waals surface area (Å²) in [5.74, 6) is 0. The van der Waals surface area contributed by atoms with Gasteiger partial charge in [-0.15, -0.1) is 0 Å². The standard InChI is InChI=1S/C22H32N3O4/c1-21(2,3)28-19(26)24-12-14-25(15-13-24,20(27)29-22(4,5)6)18-9-7-8-17-16(18)10-11-23-17/h7-11,23H,12-15H2,1-6H3/q+1. The van der Waals surface area contributed by atoms with Crippen LogP contribution >= 0.6 is 0 Å². The van der Waals surface area contributed by atoms with E-state index in [2.05, 4.69) is 4.98 Å². The zero-order valence-electron chi connectivity index (χ0n) is 18.2. The molecule has 0 unspecified atom stereocenters. The summed E-state index contributed by atoms with van der Waals surface area (Å²) in [6.45, 7) is 12.8. The second-order valence-corrected chi connectivity index (χ2v) is 9.58. The molecule has 0 radical (unpaired) electrons. The van der Waals surface area contributed by atoms with Gasteiger partial charge in [-0.25, -0.2) is 4.79 Å². The second kappa shape index (κ2) is 7.37. The molecule has 2 amide bonds. The Kier molecular flexibility index (Phi) is 5.38. The molecule has 2 heterocycles. The lowest BCUT2D eigenvalue weighted by Crippen LogP contribution is -2.65. The minimum Gasteiger partial charge on any atom is -0.444 e. The lowest BCUT2D eigenvalue weighted by atomic mass is 10.1.